The summed E-state index contributed by atoms with van der Waals surface area (Å²) in [5.41, 5.74) is 1.86. The molecule has 0 unspecified atom stereocenters. The van der Waals surface area contributed by atoms with Crippen LogP contribution < -0.4 is 10.6 Å². The van der Waals surface area contributed by atoms with Crippen molar-refractivity contribution in [3.63, 3.8) is 0 Å². The van der Waals surface area contributed by atoms with Crippen molar-refractivity contribution < 1.29 is 9.59 Å². The van der Waals surface area contributed by atoms with Crippen LogP contribution in [-0.4, -0.2) is 43.4 Å². The van der Waals surface area contributed by atoms with Crippen molar-refractivity contribution in [1.29, 1.82) is 0 Å². The number of tetrazole rings is 1. The SMILES string of the molecule is Cc1ccccc1-n1nnnc1S[C@H](C)C(=O)NC(=O)NC(C)C. The number of para-hydroxylation sites is 1. The fourth-order valence-electron chi connectivity index (χ4n) is 1.93. The zero-order chi connectivity index (χ0) is 17.7. The van der Waals surface area contributed by atoms with Gasteiger partial charge in [0.2, 0.25) is 11.1 Å². The molecule has 1 aromatic heterocycles. The van der Waals surface area contributed by atoms with Crippen molar-refractivity contribution in [3.8, 4) is 5.69 Å². The molecule has 1 atom stereocenters. The molecule has 0 aliphatic rings. The van der Waals surface area contributed by atoms with Crippen molar-refractivity contribution in [3.05, 3.63) is 29.8 Å². The average Bonchev–Trinajstić information content (AvgIpc) is 2.94. The number of nitrogens with zero attached hydrogens (tertiary/aromatic N) is 4. The van der Waals surface area contributed by atoms with Crippen LogP contribution in [0.5, 0.6) is 0 Å². The summed E-state index contributed by atoms with van der Waals surface area (Å²) in [5, 5.41) is 16.5. The molecule has 0 radical (unpaired) electrons. The lowest BCUT2D eigenvalue weighted by atomic mass is 10.2. The van der Waals surface area contributed by atoms with Gasteiger partial charge in [-0.1, -0.05) is 30.0 Å². The van der Waals surface area contributed by atoms with Crippen LogP contribution >= 0.6 is 11.8 Å². The Hall–Kier alpha value is -2.42. The number of carbonyl (C=O) groups excluding carboxylic acids is 2. The maximum absolute atomic E-state index is 12.1. The minimum Gasteiger partial charge on any atom is -0.336 e. The van der Waals surface area contributed by atoms with Crippen molar-refractivity contribution in [1.82, 2.24) is 30.8 Å². The number of rotatable bonds is 5. The van der Waals surface area contributed by atoms with Gasteiger partial charge >= 0.3 is 6.03 Å². The van der Waals surface area contributed by atoms with Crippen molar-refractivity contribution in [2.45, 2.75) is 44.1 Å². The molecule has 0 spiro atoms. The zero-order valence-electron chi connectivity index (χ0n) is 14.0. The number of nitrogens with one attached hydrogen (secondary N) is 2. The van der Waals surface area contributed by atoms with Crippen LogP contribution in [0.1, 0.15) is 26.3 Å². The summed E-state index contributed by atoms with van der Waals surface area (Å²) in [6.07, 6.45) is 0. The first-order valence-electron chi connectivity index (χ1n) is 7.51. The summed E-state index contributed by atoms with van der Waals surface area (Å²) in [7, 11) is 0. The summed E-state index contributed by atoms with van der Waals surface area (Å²) in [6.45, 7) is 7.29. The third-order valence-corrected chi connectivity index (χ3v) is 4.13. The Bertz CT molecular complexity index is 730. The van der Waals surface area contributed by atoms with Gasteiger partial charge in [-0.2, -0.15) is 4.68 Å². The molecule has 2 N–H and O–H groups in total. The van der Waals surface area contributed by atoms with Crippen molar-refractivity contribution in [2.75, 3.05) is 0 Å². The van der Waals surface area contributed by atoms with E-state index in [1.807, 2.05) is 45.0 Å². The van der Waals surface area contributed by atoms with Gasteiger partial charge in [0.1, 0.15) is 0 Å². The lowest BCUT2D eigenvalue weighted by molar-refractivity contribution is -0.119. The second kappa shape index (κ2) is 7.91. The Balaban J connectivity index is 2.07. The molecule has 128 valence electrons. The first kappa shape index (κ1) is 17.9. The predicted octanol–water partition coefficient (Wildman–Crippen LogP) is 1.69. The summed E-state index contributed by atoms with van der Waals surface area (Å²) < 4.78 is 1.58. The van der Waals surface area contributed by atoms with E-state index in [1.165, 1.54) is 11.8 Å². The molecule has 9 heteroatoms. The molecule has 0 bridgehead atoms. The van der Waals surface area contributed by atoms with Crippen molar-refractivity contribution >= 4 is 23.7 Å². The monoisotopic (exact) mass is 348 g/mol. The largest absolute Gasteiger partial charge is 0.336 e. The number of aromatic nitrogens is 4. The third-order valence-electron chi connectivity index (χ3n) is 3.09. The van der Waals surface area contributed by atoms with E-state index in [-0.39, 0.29) is 6.04 Å². The van der Waals surface area contributed by atoms with Gasteiger partial charge < -0.3 is 5.32 Å². The smallest absolute Gasteiger partial charge is 0.321 e. The van der Waals surface area contributed by atoms with Gasteiger partial charge in [0.15, 0.2) is 0 Å². The molecule has 1 aromatic carbocycles. The number of amides is 3. The Morgan fingerprint density at radius 2 is 1.92 bits per heavy atom. The highest BCUT2D eigenvalue weighted by atomic mass is 32.2. The van der Waals surface area contributed by atoms with Crippen LogP contribution in [0.4, 0.5) is 4.79 Å². The van der Waals surface area contributed by atoms with Crippen LogP contribution in [0, 0.1) is 6.92 Å². The second-order valence-corrected chi connectivity index (χ2v) is 6.85. The lowest BCUT2D eigenvalue weighted by Crippen LogP contribution is -2.45. The first-order valence-corrected chi connectivity index (χ1v) is 8.39. The highest BCUT2D eigenvalue weighted by molar-refractivity contribution is 8.00. The molecule has 0 aliphatic carbocycles. The van der Waals surface area contributed by atoms with E-state index in [0.717, 1.165) is 11.3 Å². The maximum atomic E-state index is 12.1. The molecular weight excluding hydrogens is 328 g/mol. The second-order valence-electron chi connectivity index (χ2n) is 5.54. The number of carbonyl (C=O) groups is 2. The summed E-state index contributed by atoms with van der Waals surface area (Å²) in [5.74, 6) is -0.405. The molecule has 2 rings (SSSR count). The fraction of sp³-hybridized carbons (Fsp3) is 0.400. The number of urea groups is 1. The van der Waals surface area contributed by atoms with Gasteiger partial charge in [0.05, 0.1) is 10.9 Å². The number of hydrogen-bond donors (Lipinski definition) is 2. The summed E-state index contributed by atoms with van der Waals surface area (Å²) >= 11 is 1.18. The Kier molecular flexibility index (Phi) is 5.91. The van der Waals surface area contributed by atoms with E-state index in [9.17, 15) is 9.59 Å². The average molecular weight is 348 g/mol. The van der Waals surface area contributed by atoms with Crippen LogP contribution in [0.2, 0.25) is 0 Å². The van der Waals surface area contributed by atoms with Gasteiger partial charge in [-0.05, 0) is 49.8 Å². The first-order chi connectivity index (χ1) is 11.4. The standard InChI is InChI=1S/C15H20N6O2S/c1-9(2)16-14(23)17-13(22)11(4)24-15-18-19-20-21(15)12-8-6-5-7-10(12)3/h5-9,11H,1-4H3,(H2,16,17,22,23)/t11-/m1/s1. The molecular formula is C15H20N6O2S. The number of thioether (sulfide) groups is 1. The molecule has 0 saturated heterocycles. The highest BCUT2D eigenvalue weighted by Crippen LogP contribution is 2.24. The molecule has 2 aromatic rings. The molecule has 0 aliphatic heterocycles. The lowest BCUT2D eigenvalue weighted by Gasteiger charge is -2.13. The number of aryl methyl sites for hydroxylation is 1. The zero-order valence-corrected chi connectivity index (χ0v) is 14.8. The van der Waals surface area contributed by atoms with Crippen LogP contribution in [0.3, 0.4) is 0 Å². The van der Waals surface area contributed by atoms with Gasteiger partial charge in [-0.15, -0.1) is 5.10 Å². The Morgan fingerprint density at radius 3 is 2.58 bits per heavy atom. The summed E-state index contributed by atoms with van der Waals surface area (Å²) in [6, 6.07) is 7.12. The van der Waals surface area contributed by atoms with Crippen molar-refractivity contribution in [2.24, 2.45) is 0 Å². The highest BCUT2D eigenvalue weighted by Gasteiger charge is 2.21. The minimum atomic E-state index is -0.531. The van der Waals surface area contributed by atoms with Gasteiger partial charge in [0, 0.05) is 6.04 Å². The summed E-state index contributed by atoms with van der Waals surface area (Å²) in [4.78, 5) is 23.7. The number of imide groups is 1. The van der Waals surface area contributed by atoms with Gasteiger partial charge in [-0.3, -0.25) is 10.1 Å². The van der Waals surface area contributed by atoms with E-state index >= 15 is 0 Å². The normalized spacial score (nSPS) is 12.0. The minimum absolute atomic E-state index is 0.0471. The van der Waals surface area contributed by atoms with Crippen LogP contribution in [-0.2, 0) is 4.79 Å². The van der Waals surface area contributed by atoms with Crippen LogP contribution in [0.15, 0.2) is 29.4 Å². The Morgan fingerprint density at radius 1 is 1.21 bits per heavy atom. The molecule has 0 saturated carbocycles. The number of hydrogen-bond acceptors (Lipinski definition) is 6. The quantitative estimate of drug-likeness (QED) is 0.797. The number of benzene rings is 1. The van der Waals surface area contributed by atoms with Crippen LogP contribution in [0.25, 0.3) is 5.69 Å². The van der Waals surface area contributed by atoms with E-state index in [2.05, 4.69) is 26.2 Å². The molecule has 1 heterocycles. The van der Waals surface area contributed by atoms with E-state index in [1.54, 1.807) is 11.6 Å². The Labute approximate surface area is 144 Å². The van der Waals surface area contributed by atoms with E-state index < -0.39 is 17.2 Å². The third kappa shape index (κ3) is 4.54. The van der Waals surface area contributed by atoms with Gasteiger partial charge in [0.25, 0.3) is 0 Å². The van der Waals surface area contributed by atoms with E-state index in [4.69, 9.17) is 0 Å². The topological polar surface area (TPSA) is 102 Å². The molecule has 3 amide bonds. The van der Waals surface area contributed by atoms with E-state index in [0.29, 0.717) is 5.16 Å². The predicted molar refractivity (Wildman–Crippen MR) is 91.0 cm³/mol. The molecule has 24 heavy (non-hydrogen) atoms. The maximum Gasteiger partial charge on any atom is 0.321 e. The molecule has 0 fully saturated rings. The fourth-order valence-corrected chi connectivity index (χ4v) is 2.73. The molecule has 8 nitrogen and oxygen atoms in total. The van der Waals surface area contributed by atoms with Gasteiger partial charge in [-0.25, -0.2) is 4.79 Å².